The molecular formula is C22H25N5O3S. The van der Waals surface area contributed by atoms with E-state index >= 15 is 0 Å². The van der Waals surface area contributed by atoms with E-state index in [-0.39, 0.29) is 23.4 Å². The number of fused-ring (bicyclic) bond motifs is 1. The zero-order valence-corrected chi connectivity index (χ0v) is 18.3. The highest BCUT2D eigenvalue weighted by Crippen LogP contribution is 2.33. The number of nitrogens with one attached hydrogen (secondary N) is 3. The Labute approximate surface area is 183 Å². The summed E-state index contributed by atoms with van der Waals surface area (Å²) in [4.78, 5) is 41.6. The van der Waals surface area contributed by atoms with Crippen LogP contribution in [0.3, 0.4) is 0 Å². The first kappa shape index (κ1) is 21.2. The van der Waals surface area contributed by atoms with Gasteiger partial charge in [-0.3, -0.25) is 14.4 Å². The summed E-state index contributed by atoms with van der Waals surface area (Å²) in [6.07, 6.45) is 6.43. The van der Waals surface area contributed by atoms with Gasteiger partial charge in [0.15, 0.2) is 0 Å². The third-order valence-corrected chi connectivity index (χ3v) is 6.51. The Morgan fingerprint density at radius 3 is 2.90 bits per heavy atom. The van der Waals surface area contributed by atoms with Gasteiger partial charge in [0.1, 0.15) is 5.82 Å². The molecule has 2 amide bonds. The molecule has 31 heavy (non-hydrogen) atoms. The van der Waals surface area contributed by atoms with Gasteiger partial charge in [-0.2, -0.15) is 0 Å². The Morgan fingerprint density at radius 1 is 1.32 bits per heavy atom. The lowest BCUT2D eigenvalue weighted by atomic mass is 10.0. The van der Waals surface area contributed by atoms with E-state index in [4.69, 9.17) is 0 Å². The number of hydrogen-bond acceptors (Lipinski definition) is 6. The Kier molecular flexibility index (Phi) is 6.15. The average Bonchev–Trinajstić information content (AvgIpc) is 3.19. The monoisotopic (exact) mass is 439 g/mol. The van der Waals surface area contributed by atoms with Gasteiger partial charge in [0.25, 0.3) is 5.56 Å². The Bertz CT molecular complexity index is 1190. The van der Waals surface area contributed by atoms with Crippen molar-refractivity contribution in [2.75, 3.05) is 11.9 Å². The van der Waals surface area contributed by atoms with Crippen LogP contribution in [-0.2, 0) is 23.2 Å². The minimum absolute atomic E-state index is 0.000588. The molecule has 1 saturated heterocycles. The second kappa shape index (κ2) is 8.99. The van der Waals surface area contributed by atoms with Gasteiger partial charge in [-0.1, -0.05) is 6.42 Å². The molecule has 4 heterocycles. The Morgan fingerprint density at radius 2 is 2.16 bits per heavy atom. The average molecular weight is 440 g/mol. The second-order valence-electron chi connectivity index (χ2n) is 7.75. The molecule has 0 radical (unpaired) electrons. The number of nitrogens with zero attached hydrogens (tertiary/aromatic N) is 2. The summed E-state index contributed by atoms with van der Waals surface area (Å²) in [5.41, 5.74) is 1.64. The maximum Gasteiger partial charge on any atom is 0.259 e. The van der Waals surface area contributed by atoms with Crippen LogP contribution in [0.5, 0.6) is 0 Å². The van der Waals surface area contributed by atoms with E-state index in [0.29, 0.717) is 17.7 Å². The lowest BCUT2D eigenvalue weighted by Crippen LogP contribution is -2.46. The maximum absolute atomic E-state index is 12.7. The lowest BCUT2D eigenvalue weighted by molar-refractivity contribution is -0.123. The molecule has 0 spiro atoms. The number of amides is 2. The molecule has 3 aromatic heterocycles. The highest BCUT2D eigenvalue weighted by molar-refractivity contribution is 7.19. The van der Waals surface area contributed by atoms with E-state index in [2.05, 4.69) is 20.9 Å². The zero-order chi connectivity index (χ0) is 22.0. The van der Waals surface area contributed by atoms with Gasteiger partial charge in [-0.15, -0.1) is 11.3 Å². The van der Waals surface area contributed by atoms with Crippen molar-refractivity contribution in [1.29, 1.82) is 0 Å². The number of carbonyl (C=O) groups is 2. The predicted octanol–water partition coefficient (Wildman–Crippen LogP) is 2.38. The van der Waals surface area contributed by atoms with Crippen LogP contribution in [0.1, 0.15) is 31.1 Å². The molecule has 0 aromatic carbocycles. The lowest BCUT2D eigenvalue weighted by Gasteiger charge is -2.22. The fourth-order valence-electron chi connectivity index (χ4n) is 3.81. The van der Waals surface area contributed by atoms with Crippen molar-refractivity contribution in [2.45, 2.75) is 38.8 Å². The highest BCUT2D eigenvalue weighted by atomic mass is 32.1. The van der Waals surface area contributed by atoms with Crippen molar-refractivity contribution in [3.63, 3.8) is 0 Å². The SMILES string of the molecule is CC(=O)Nc1cc(-c2cn(C)c(=O)c3cc(CNC(=O)C4CCCCN4)sc23)ccn1. The molecule has 9 heteroatoms. The molecular weight excluding hydrogens is 414 g/mol. The first-order chi connectivity index (χ1) is 14.9. The fraction of sp³-hybridized carbons (Fsp3) is 0.364. The predicted molar refractivity (Wildman–Crippen MR) is 122 cm³/mol. The first-order valence-corrected chi connectivity index (χ1v) is 11.1. The van der Waals surface area contributed by atoms with Crippen molar-refractivity contribution >= 4 is 39.1 Å². The summed E-state index contributed by atoms with van der Waals surface area (Å²) < 4.78 is 2.40. The molecule has 0 aliphatic carbocycles. The number of aromatic nitrogens is 2. The van der Waals surface area contributed by atoms with Gasteiger partial charge in [0, 0.05) is 41.5 Å². The summed E-state index contributed by atoms with van der Waals surface area (Å²) in [5.74, 6) is 0.257. The number of anilines is 1. The molecule has 1 aliphatic rings. The third kappa shape index (κ3) is 4.67. The van der Waals surface area contributed by atoms with Crippen LogP contribution in [0.4, 0.5) is 5.82 Å². The van der Waals surface area contributed by atoms with Crippen LogP contribution in [0, 0.1) is 0 Å². The fourth-order valence-corrected chi connectivity index (χ4v) is 4.93. The summed E-state index contributed by atoms with van der Waals surface area (Å²) in [7, 11) is 1.72. The van der Waals surface area contributed by atoms with E-state index in [1.165, 1.54) is 18.3 Å². The van der Waals surface area contributed by atoms with Crippen LogP contribution in [0.25, 0.3) is 21.2 Å². The Hall–Kier alpha value is -3.04. The molecule has 8 nitrogen and oxygen atoms in total. The molecule has 1 atom stereocenters. The molecule has 1 aliphatic heterocycles. The quantitative estimate of drug-likeness (QED) is 0.566. The van der Waals surface area contributed by atoms with Crippen molar-refractivity contribution in [1.82, 2.24) is 20.2 Å². The summed E-state index contributed by atoms with van der Waals surface area (Å²) in [5, 5.41) is 9.55. The van der Waals surface area contributed by atoms with Crippen molar-refractivity contribution in [3.8, 4) is 11.1 Å². The van der Waals surface area contributed by atoms with E-state index in [0.717, 1.165) is 46.5 Å². The summed E-state index contributed by atoms with van der Waals surface area (Å²) >= 11 is 1.49. The number of carbonyl (C=O) groups excluding carboxylic acids is 2. The second-order valence-corrected chi connectivity index (χ2v) is 8.88. The Balaban J connectivity index is 1.64. The first-order valence-electron chi connectivity index (χ1n) is 10.3. The topological polar surface area (TPSA) is 105 Å². The number of piperidine rings is 1. The molecule has 0 saturated carbocycles. The molecule has 3 N–H and O–H groups in total. The van der Waals surface area contributed by atoms with Gasteiger partial charge >= 0.3 is 0 Å². The molecule has 3 aromatic rings. The van der Waals surface area contributed by atoms with E-state index in [9.17, 15) is 14.4 Å². The number of thiophene rings is 1. The number of hydrogen-bond donors (Lipinski definition) is 3. The van der Waals surface area contributed by atoms with E-state index in [1.54, 1.807) is 30.1 Å². The van der Waals surface area contributed by atoms with Crippen molar-refractivity contribution in [3.05, 3.63) is 45.8 Å². The molecule has 1 unspecified atom stereocenters. The van der Waals surface area contributed by atoms with Gasteiger partial charge in [-0.05, 0) is 43.1 Å². The van der Waals surface area contributed by atoms with Gasteiger partial charge < -0.3 is 20.5 Å². The minimum atomic E-state index is -0.197. The summed E-state index contributed by atoms with van der Waals surface area (Å²) in [6.45, 7) is 2.68. The van der Waals surface area contributed by atoms with Crippen LogP contribution in [0.2, 0.25) is 0 Å². The van der Waals surface area contributed by atoms with Crippen LogP contribution in [-0.4, -0.2) is 34.0 Å². The summed E-state index contributed by atoms with van der Waals surface area (Å²) in [6, 6.07) is 5.35. The van der Waals surface area contributed by atoms with Crippen molar-refractivity contribution in [2.24, 2.45) is 7.05 Å². The normalized spacial score (nSPS) is 16.3. The molecule has 1 fully saturated rings. The van der Waals surface area contributed by atoms with Gasteiger partial charge in [-0.25, -0.2) is 4.98 Å². The van der Waals surface area contributed by atoms with E-state index in [1.807, 2.05) is 12.1 Å². The number of pyridine rings is 2. The molecule has 162 valence electrons. The van der Waals surface area contributed by atoms with Gasteiger partial charge in [0.2, 0.25) is 11.8 Å². The van der Waals surface area contributed by atoms with Gasteiger partial charge in [0.05, 0.1) is 18.0 Å². The minimum Gasteiger partial charge on any atom is -0.350 e. The zero-order valence-electron chi connectivity index (χ0n) is 17.5. The standard InChI is InChI=1S/C22H25N5O3S/c1-13(28)26-19-9-14(6-8-24-19)17-12-27(2)22(30)16-10-15(31-20(16)17)11-25-21(29)18-5-3-4-7-23-18/h6,8-10,12,18,23H,3-5,7,11H2,1-2H3,(H,25,29)(H,24,26,28). The molecule has 4 rings (SSSR count). The third-order valence-electron chi connectivity index (χ3n) is 5.34. The van der Waals surface area contributed by atoms with Crippen molar-refractivity contribution < 1.29 is 9.59 Å². The molecule has 0 bridgehead atoms. The van der Waals surface area contributed by atoms with Crippen LogP contribution in [0.15, 0.2) is 35.4 Å². The largest absolute Gasteiger partial charge is 0.350 e. The smallest absolute Gasteiger partial charge is 0.259 e. The van der Waals surface area contributed by atoms with Crippen LogP contribution < -0.4 is 21.5 Å². The number of aryl methyl sites for hydroxylation is 1. The van der Waals surface area contributed by atoms with E-state index < -0.39 is 0 Å². The highest BCUT2D eigenvalue weighted by Gasteiger charge is 2.20. The maximum atomic E-state index is 12.7. The number of rotatable bonds is 5. The van der Waals surface area contributed by atoms with Crippen LogP contribution >= 0.6 is 11.3 Å².